The van der Waals surface area contributed by atoms with E-state index in [0.717, 1.165) is 11.5 Å². The Bertz CT molecular complexity index is 464. The minimum absolute atomic E-state index is 0.203. The highest BCUT2D eigenvalue weighted by atomic mass is 15.3. The van der Waals surface area contributed by atoms with Crippen molar-refractivity contribution in [1.29, 1.82) is 0 Å². The van der Waals surface area contributed by atoms with Crippen LogP contribution < -0.4 is 5.73 Å². The number of rotatable bonds is 4. The van der Waals surface area contributed by atoms with Gasteiger partial charge in [0, 0.05) is 31.1 Å². The summed E-state index contributed by atoms with van der Waals surface area (Å²) in [7, 11) is 0. The summed E-state index contributed by atoms with van der Waals surface area (Å²) < 4.78 is 1.87. The van der Waals surface area contributed by atoms with E-state index in [1.807, 2.05) is 4.68 Å². The van der Waals surface area contributed by atoms with Crippen LogP contribution >= 0.6 is 0 Å². The van der Waals surface area contributed by atoms with Crippen LogP contribution in [0.4, 0.5) is 0 Å². The van der Waals surface area contributed by atoms with E-state index in [4.69, 9.17) is 5.73 Å². The zero-order chi connectivity index (χ0) is 12.3. The zero-order valence-electron chi connectivity index (χ0n) is 9.98. The first-order valence-electron chi connectivity index (χ1n) is 5.58. The smallest absolute Gasteiger partial charge is 0.138 e. The highest BCUT2D eigenvalue weighted by Gasteiger charge is 2.14. The first-order chi connectivity index (χ1) is 8.18. The minimum Gasteiger partial charge on any atom is -0.322 e. The maximum absolute atomic E-state index is 6.07. The Kier molecular flexibility index (Phi) is 3.43. The van der Waals surface area contributed by atoms with Crippen molar-refractivity contribution in [3.05, 3.63) is 36.4 Å². The number of nitrogens with two attached hydrogens (primary N) is 1. The van der Waals surface area contributed by atoms with Crippen molar-refractivity contribution >= 4 is 0 Å². The first kappa shape index (κ1) is 11.7. The Morgan fingerprint density at radius 2 is 2.12 bits per heavy atom. The molecule has 2 aromatic rings. The van der Waals surface area contributed by atoms with Crippen LogP contribution in [0, 0.1) is 0 Å². The molecule has 0 radical (unpaired) electrons. The molecule has 0 spiro atoms. The Hall–Kier alpha value is -1.82. The Balaban J connectivity index is 2.13. The van der Waals surface area contributed by atoms with E-state index in [0.29, 0.717) is 6.42 Å². The average molecular weight is 232 g/mol. The Morgan fingerprint density at radius 1 is 1.29 bits per heavy atom. The summed E-state index contributed by atoms with van der Waals surface area (Å²) in [5, 5.41) is 4.18. The molecule has 0 bridgehead atoms. The summed E-state index contributed by atoms with van der Waals surface area (Å²) in [6.45, 7) is 4.12. The van der Waals surface area contributed by atoms with Crippen molar-refractivity contribution in [3.63, 3.8) is 0 Å². The van der Waals surface area contributed by atoms with Crippen molar-refractivity contribution < 1.29 is 0 Å². The summed E-state index contributed by atoms with van der Waals surface area (Å²) in [6.07, 6.45) is 7.12. The van der Waals surface area contributed by atoms with Gasteiger partial charge in [-0.05, 0) is 13.8 Å². The number of aromatic nitrogens is 5. The molecule has 90 valence electrons. The van der Waals surface area contributed by atoms with Crippen molar-refractivity contribution in [2.24, 2.45) is 5.73 Å². The van der Waals surface area contributed by atoms with Gasteiger partial charge in [-0.1, -0.05) is 0 Å². The molecule has 2 aromatic heterocycles. The van der Waals surface area contributed by atoms with Gasteiger partial charge in [0.25, 0.3) is 0 Å². The molecule has 2 rings (SSSR count). The normalized spacial score (nSPS) is 12.9. The monoisotopic (exact) mass is 232 g/mol. The third-order valence-electron chi connectivity index (χ3n) is 2.50. The van der Waals surface area contributed by atoms with Crippen LogP contribution in [0.5, 0.6) is 0 Å². The van der Waals surface area contributed by atoms with Gasteiger partial charge in [-0.3, -0.25) is 9.97 Å². The summed E-state index contributed by atoms with van der Waals surface area (Å²) in [6, 6.07) is 0.0759. The SMILES string of the molecule is CC(C)n1ncnc1CC(N)c1cnccn1. The molecule has 0 aliphatic heterocycles. The summed E-state index contributed by atoms with van der Waals surface area (Å²) in [5.74, 6) is 0.873. The molecule has 0 aromatic carbocycles. The van der Waals surface area contributed by atoms with E-state index >= 15 is 0 Å². The fourth-order valence-corrected chi connectivity index (χ4v) is 1.65. The van der Waals surface area contributed by atoms with Gasteiger partial charge in [0.15, 0.2) is 0 Å². The minimum atomic E-state index is -0.203. The molecule has 17 heavy (non-hydrogen) atoms. The van der Waals surface area contributed by atoms with Crippen LogP contribution in [-0.4, -0.2) is 24.7 Å². The second-order valence-electron chi connectivity index (χ2n) is 4.16. The van der Waals surface area contributed by atoms with Crippen molar-refractivity contribution in [3.8, 4) is 0 Å². The van der Waals surface area contributed by atoms with Crippen LogP contribution in [-0.2, 0) is 6.42 Å². The predicted octanol–water partition coefficient (Wildman–Crippen LogP) is 0.892. The predicted molar refractivity (Wildman–Crippen MR) is 63.1 cm³/mol. The van der Waals surface area contributed by atoms with E-state index in [9.17, 15) is 0 Å². The maximum Gasteiger partial charge on any atom is 0.138 e. The summed E-state index contributed by atoms with van der Waals surface area (Å²) >= 11 is 0. The highest BCUT2D eigenvalue weighted by Crippen LogP contribution is 2.13. The van der Waals surface area contributed by atoms with Crippen LogP contribution in [0.25, 0.3) is 0 Å². The fraction of sp³-hybridized carbons (Fsp3) is 0.455. The molecule has 0 aliphatic carbocycles. The lowest BCUT2D eigenvalue weighted by Crippen LogP contribution is -2.19. The lowest BCUT2D eigenvalue weighted by molar-refractivity contribution is 0.491. The van der Waals surface area contributed by atoms with Crippen LogP contribution in [0.15, 0.2) is 24.9 Å². The van der Waals surface area contributed by atoms with E-state index in [1.54, 1.807) is 24.9 Å². The van der Waals surface area contributed by atoms with E-state index < -0.39 is 0 Å². The van der Waals surface area contributed by atoms with Gasteiger partial charge in [-0.2, -0.15) is 5.10 Å². The molecule has 0 saturated carbocycles. The molecule has 1 atom stereocenters. The van der Waals surface area contributed by atoms with Crippen molar-refractivity contribution in [2.75, 3.05) is 0 Å². The lowest BCUT2D eigenvalue weighted by Gasteiger charge is -2.13. The second-order valence-corrected chi connectivity index (χ2v) is 4.16. The van der Waals surface area contributed by atoms with Gasteiger partial charge < -0.3 is 5.73 Å². The average Bonchev–Trinajstić information content (AvgIpc) is 2.78. The van der Waals surface area contributed by atoms with Gasteiger partial charge >= 0.3 is 0 Å². The van der Waals surface area contributed by atoms with E-state index in [2.05, 4.69) is 33.9 Å². The maximum atomic E-state index is 6.07. The molecule has 0 saturated heterocycles. The largest absolute Gasteiger partial charge is 0.322 e. The van der Waals surface area contributed by atoms with Crippen LogP contribution in [0.1, 0.15) is 37.4 Å². The second kappa shape index (κ2) is 5.01. The molecule has 6 nitrogen and oxygen atoms in total. The highest BCUT2D eigenvalue weighted by molar-refractivity contribution is 5.05. The molecule has 0 fully saturated rings. The van der Waals surface area contributed by atoms with Gasteiger partial charge in [0.05, 0.1) is 11.7 Å². The Labute approximate surface area is 99.9 Å². The van der Waals surface area contributed by atoms with Gasteiger partial charge in [-0.15, -0.1) is 0 Å². The van der Waals surface area contributed by atoms with Crippen molar-refractivity contribution in [2.45, 2.75) is 32.4 Å². The molecular formula is C11H16N6. The third kappa shape index (κ3) is 2.65. The molecule has 2 heterocycles. The number of hydrogen-bond donors (Lipinski definition) is 1. The third-order valence-corrected chi connectivity index (χ3v) is 2.50. The van der Waals surface area contributed by atoms with E-state index in [-0.39, 0.29) is 12.1 Å². The quantitative estimate of drug-likeness (QED) is 0.846. The molecule has 0 amide bonds. The van der Waals surface area contributed by atoms with Crippen molar-refractivity contribution in [1.82, 2.24) is 24.7 Å². The number of nitrogens with zero attached hydrogens (tertiary/aromatic N) is 5. The molecule has 0 aliphatic rings. The Morgan fingerprint density at radius 3 is 2.76 bits per heavy atom. The van der Waals surface area contributed by atoms with E-state index in [1.165, 1.54) is 0 Å². The first-order valence-corrected chi connectivity index (χ1v) is 5.58. The standard InChI is InChI=1S/C11H16N6/c1-8(2)17-11(15-7-16-17)5-9(12)10-6-13-3-4-14-10/h3-4,6-9H,5,12H2,1-2H3. The fourth-order valence-electron chi connectivity index (χ4n) is 1.65. The van der Waals surface area contributed by atoms with Gasteiger partial charge in [0.2, 0.25) is 0 Å². The molecule has 2 N–H and O–H groups in total. The van der Waals surface area contributed by atoms with Gasteiger partial charge in [0.1, 0.15) is 12.2 Å². The lowest BCUT2D eigenvalue weighted by atomic mass is 10.1. The summed E-state index contributed by atoms with van der Waals surface area (Å²) in [5.41, 5.74) is 6.84. The topological polar surface area (TPSA) is 82.5 Å². The summed E-state index contributed by atoms with van der Waals surface area (Å²) in [4.78, 5) is 12.4. The van der Waals surface area contributed by atoms with Gasteiger partial charge in [-0.25, -0.2) is 9.67 Å². The molecule has 1 unspecified atom stereocenters. The van der Waals surface area contributed by atoms with Crippen LogP contribution in [0.2, 0.25) is 0 Å². The van der Waals surface area contributed by atoms with Crippen LogP contribution in [0.3, 0.4) is 0 Å². The zero-order valence-corrected chi connectivity index (χ0v) is 9.98. The molecule has 6 heteroatoms. The number of hydrogen-bond acceptors (Lipinski definition) is 5. The molecular weight excluding hydrogens is 216 g/mol.